The van der Waals surface area contributed by atoms with E-state index in [1.54, 1.807) is 0 Å². The first-order chi connectivity index (χ1) is 11.6. The first-order valence-corrected chi connectivity index (χ1v) is 8.66. The lowest BCUT2D eigenvalue weighted by Gasteiger charge is -2.37. The molecule has 126 valence electrons. The molecule has 0 bridgehead atoms. The molecular formula is C18H22N4O2. The van der Waals surface area contributed by atoms with Crippen LogP contribution in [0.4, 0.5) is 0 Å². The minimum atomic E-state index is 0.0413. The van der Waals surface area contributed by atoms with Crippen LogP contribution in [-0.2, 0) is 4.79 Å². The average Bonchev–Trinajstić information content (AvgIpc) is 3.18. The molecule has 6 nitrogen and oxygen atoms in total. The standard InChI is InChI=1S/C18H22N4O2/c1-13-10-21-11-14(6-7-16(21)19-13)18(24)20-8-2-4-15(12-20)22-9-3-5-17(22)23/h6-7,10-11,15H,2-5,8-9,12H2,1H3/t15-/m0/s1. The highest BCUT2D eigenvalue weighted by Crippen LogP contribution is 2.22. The van der Waals surface area contributed by atoms with Crippen molar-refractivity contribution in [2.45, 2.75) is 38.6 Å². The van der Waals surface area contributed by atoms with Gasteiger partial charge >= 0.3 is 0 Å². The van der Waals surface area contributed by atoms with E-state index >= 15 is 0 Å². The Morgan fingerprint density at radius 1 is 1.21 bits per heavy atom. The van der Waals surface area contributed by atoms with Crippen LogP contribution >= 0.6 is 0 Å². The van der Waals surface area contributed by atoms with Gasteiger partial charge in [0.2, 0.25) is 5.91 Å². The number of amides is 2. The molecule has 2 aromatic rings. The van der Waals surface area contributed by atoms with Crippen molar-refractivity contribution in [2.75, 3.05) is 19.6 Å². The second-order valence-corrected chi connectivity index (χ2v) is 6.80. The summed E-state index contributed by atoms with van der Waals surface area (Å²) in [5.74, 6) is 0.282. The molecule has 2 fully saturated rings. The van der Waals surface area contributed by atoms with Gasteiger partial charge in [-0.1, -0.05) is 0 Å². The van der Waals surface area contributed by atoms with Crippen molar-refractivity contribution in [2.24, 2.45) is 0 Å². The summed E-state index contributed by atoms with van der Waals surface area (Å²) in [4.78, 5) is 33.1. The van der Waals surface area contributed by atoms with Crippen LogP contribution in [0.5, 0.6) is 0 Å². The Balaban J connectivity index is 1.53. The van der Waals surface area contributed by atoms with Crippen molar-refractivity contribution in [3.8, 4) is 0 Å². The van der Waals surface area contributed by atoms with Crippen LogP contribution in [0.1, 0.15) is 41.7 Å². The summed E-state index contributed by atoms with van der Waals surface area (Å²) in [6, 6.07) is 3.90. The third kappa shape index (κ3) is 2.66. The fourth-order valence-electron chi connectivity index (χ4n) is 3.88. The highest BCUT2D eigenvalue weighted by Gasteiger charge is 2.33. The number of likely N-dealkylation sites (tertiary alicyclic amines) is 2. The predicted molar refractivity (Wildman–Crippen MR) is 89.8 cm³/mol. The quantitative estimate of drug-likeness (QED) is 0.846. The van der Waals surface area contributed by atoms with Crippen LogP contribution < -0.4 is 0 Å². The van der Waals surface area contributed by atoms with Gasteiger partial charge in [0.1, 0.15) is 5.65 Å². The van der Waals surface area contributed by atoms with E-state index < -0.39 is 0 Å². The average molecular weight is 326 g/mol. The molecule has 4 rings (SSSR count). The van der Waals surface area contributed by atoms with Crippen LogP contribution in [0.3, 0.4) is 0 Å². The van der Waals surface area contributed by atoms with E-state index in [0.29, 0.717) is 18.5 Å². The van der Waals surface area contributed by atoms with Gasteiger partial charge in [0.25, 0.3) is 5.91 Å². The second-order valence-electron chi connectivity index (χ2n) is 6.80. The molecule has 0 spiro atoms. The molecule has 2 saturated heterocycles. The summed E-state index contributed by atoms with van der Waals surface area (Å²) in [6.07, 6.45) is 7.32. The van der Waals surface area contributed by atoms with Gasteiger partial charge in [-0.25, -0.2) is 4.98 Å². The van der Waals surface area contributed by atoms with E-state index in [2.05, 4.69) is 4.98 Å². The lowest BCUT2D eigenvalue weighted by atomic mass is 10.0. The highest BCUT2D eigenvalue weighted by molar-refractivity contribution is 5.94. The molecule has 4 heterocycles. The van der Waals surface area contributed by atoms with E-state index in [-0.39, 0.29) is 17.9 Å². The molecule has 0 aliphatic carbocycles. The molecule has 6 heteroatoms. The highest BCUT2D eigenvalue weighted by atomic mass is 16.2. The molecule has 0 N–H and O–H groups in total. The first kappa shape index (κ1) is 15.2. The molecule has 0 aromatic carbocycles. The molecule has 2 aliphatic rings. The number of nitrogens with zero attached hydrogens (tertiary/aromatic N) is 4. The summed E-state index contributed by atoms with van der Waals surface area (Å²) in [6.45, 7) is 4.19. The number of hydrogen-bond donors (Lipinski definition) is 0. The molecule has 0 radical (unpaired) electrons. The van der Waals surface area contributed by atoms with E-state index in [9.17, 15) is 9.59 Å². The van der Waals surface area contributed by atoms with Gasteiger partial charge in [0.15, 0.2) is 0 Å². The maximum absolute atomic E-state index is 12.9. The van der Waals surface area contributed by atoms with Crippen LogP contribution in [0, 0.1) is 6.92 Å². The fraction of sp³-hybridized carbons (Fsp3) is 0.500. The summed E-state index contributed by atoms with van der Waals surface area (Å²) >= 11 is 0. The molecular weight excluding hydrogens is 304 g/mol. The number of aryl methyl sites for hydroxylation is 1. The van der Waals surface area contributed by atoms with Crippen LogP contribution in [-0.4, -0.2) is 56.7 Å². The zero-order valence-corrected chi connectivity index (χ0v) is 13.9. The summed E-state index contributed by atoms with van der Waals surface area (Å²) < 4.78 is 1.90. The Kier molecular flexibility index (Phi) is 3.75. The largest absolute Gasteiger partial charge is 0.338 e. The van der Waals surface area contributed by atoms with E-state index in [4.69, 9.17) is 0 Å². The van der Waals surface area contributed by atoms with Gasteiger partial charge in [-0.2, -0.15) is 0 Å². The maximum Gasteiger partial charge on any atom is 0.255 e. The molecule has 0 saturated carbocycles. The molecule has 2 amide bonds. The number of carbonyl (C=O) groups is 2. The maximum atomic E-state index is 12.9. The SMILES string of the molecule is Cc1cn2cc(C(=O)N3CCC[C@H](N4CCCC4=O)C3)ccc2n1. The van der Waals surface area contributed by atoms with Crippen molar-refractivity contribution in [1.29, 1.82) is 0 Å². The molecule has 2 aromatic heterocycles. The summed E-state index contributed by atoms with van der Waals surface area (Å²) in [5, 5.41) is 0. The summed E-state index contributed by atoms with van der Waals surface area (Å²) in [5.41, 5.74) is 2.46. The number of aromatic nitrogens is 2. The second kappa shape index (κ2) is 5.92. The van der Waals surface area contributed by atoms with Crippen molar-refractivity contribution < 1.29 is 9.59 Å². The van der Waals surface area contributed by atoms with Crippen molar-refractivity contribution in [1.82, 2.24) is 19.2 Å². The lowest BCUT2D eigenvalue weighted by Crippen LogP contribution is -2.50. The molecule has 2 aliphatic heterocycles. The minimum absolute atomic E-state index is 0.0413. The Labute approximate surface area is 141 Å². The zero-order valence-electron chi connectivity index (χ0n) is 13.9. The normalized spacial score (nSPS) is 21.7. The number of imidazole rings is 1. The molecule has 0 unspecified atom stereocenters. The van der Waals surface area contributed by atoms with Crippen LogP contribution in [0.15, 0.2) is 24.5 Å². The monoisotopic (exact) mass is 326 g/mol. The number of fused-ring (bicyclic) bond motifs is 1. The number of carbonyl (C=O) groups excluding carboxylic acids is 2. The predicted octanol–water partition coefficient (Wildman–Crippen LogP) is 1.87. The van der Waals surface area contributed by atoms with E-state index in [0.717, 1.165) is 43.7 Å². The van der Waals surface area contributed by atoms with Crippen molar-refractivity contribution in [3.63, 3.8) is 0 Å². The topological polar surface area (TPSA) is 57.9 Å². The zero-order chi connectivity index (χ0) is 16.7. The van der Waals surface area contributed by atoms with Gasteiger partial charge in [-0.15, -0.1) is 0 Å². The molecule has 24 heavy (non-hydrogen) atoms. The smallest absolute Gasteiger partial charge is 0.255 e. The Morgan fingerprint density at radius 2 is 2.08 bits per heavy atom. The molecule has 1 atom stereocenters. The number of pyridine rings is 1. The lowest BCUT2D eigenvalue weighted by molar-refractivity contribution is -0.130. The Hall–Kier alpha value is -2.37. The van der Waals surface area contributed by atoms with Crippen molar-refractivity contribution >= 4 is 17.5 Å². The fourth-order valence-corrected chi connectivity index (χ4v) is 3.88. The summed E-state index contributed by atoms with van der Waals surface area (Å²) in [7, 11) is 0. The van der Waals surface area contributed by atoms with Gasteiger partial charge in [-0.05, 0) is 38.3 Å². The Morgan fingerprint density at radius 3 is 2.88 bits per heavy atom. The van der Waals surface area contributed by atoms with Gasteiger partial charge < -0.3 is 14.2 Å². The number of piperidine rings is 1. The van der Waals surface area contributed by atoms with Crippen molar-refractivity contribution in [3.05, 3.63) is 35.8 Å². The third-order valence-electron chi connectivity index (χ3n) is 5.05. The first-order valence-electron chi connectivity index (χ1n) is 8.66. The Bertz CT molecular complexity index is 797. The number of hydrogen-bond acceptors (Lipinski definition) is 3. The van der Waals surface area contributed by atoms with Gasteiger partial charge in [0.05, 0.1) is 11.3 Å². The third-order valence-corrected chi connectivity index (χ3v) is 5.05. The van der Waals surface area contributed by atoms with Gasteiger partial charge in [0, 0.05) is 44.5 Å². The van der Waals surface area contributed by atoms with Crippen LogP contribution in [0.2, 0.25) is 0 Å². The van der Waals surface area contributed by atoms with Crippen LogP contribution in [0.25, 0.3) is 5.65 Å². The van der Waals surface area contributed by atoms with E-state index in [1.807, 2.05) is 45.7 Å². The number of rotatable bonds is 2. The minimum Gasteiger partial charge on any atom is -0.338 e. The van der Waals surface area contributed by atoms with E-state index in [1.165, 1.54) is 0 Å². The van der Waals surface area contributed by atoms with Gasteiger partial charge in [-0.3, -0.25) is 9.59 Å².